The second kappa shape index (κ2) is 9.86. The highest BCUT2D eigenvalue weighted by molar-refractivity contribution is 6.05. The first kappa shape index (κ1) is 24.3. The molecule has 0 radical (unpaired) electrons. The summed E-state index contributed by atoms with van der Waals surface area (Å²) in [6.07, 6.45) is 12.7. The number of aryl methyl sites for hydroxylation is 1. The van der Waals surface area contributed by atoms with Gasteiger partial charge in [0.05, 0.1) is 23.9 Å². The van der Waals surface area contributed by atoms with E-state index in [-0.39, 0.29) is 0 Å². The molecule has 0 N–H and O–H groups in total. The molecule has 0 saturated heterocycles. The van der Waals surface area contributed by atoms with Crippen LogP contribution in [0.15, 0.2) is 149 Å². The van der Waals surface area contributed by atoms with Crippen molar-refractivity contribution in [3.05, 3.63) is 157 Å². The minimum atomic E-state index is 0.768. The average molecular weight is 545 g/mol. The number of hydrogen-bond acceptors (Lipinski definition) is 2. The molecule has 0 spiro atoms. The van der Waals surface area contributed by atoms with Crippen LogP contribution in [0.5, 0.6) is 0 Å². The highest BCUT2D eigenvalue weighted by Crippen LogP contribution is 2.40. The van der Waals surface area contributed by atoms with Crippen molar-refractivity contribution in [1.82, 2.24) is 9.13 Å². The van der Waals surface area contributed by atoms with Crippen molar-refractivity contribution in [1.29, 1.82) is 0 Å². The third-order valence-corrected chi connectivity index (χ3v) is 8.17. The van der Waals surface area contributed by atoms with Crippen molar-refractivity contribution in [3.63, 3.8) is 0 Å². The number of aromatic nitrogens is 2. The molecule has 0 atom stereocenters. The van der Waals surface area contributed by atoms with E-state index in [1.807, 2.05) is 24.3 Å². The van der Waals surface area contributed by atoms with Gasteiger partial charge in [-0.3, -0.25) is 0 Å². The van der Waals surface area contributed by atoms with Gasteiger partial charge in [0.15, 0.2) is 0 Å². The van der Waals surface area contributed by atoms with Crippen LogP contribution in [-0.2, 0) is 6.42 Å². The molecule has 0 unspecified atom stereocenters. The Labute approximate surface area is 243 Å². The van der Waals surface area contributed by atoms with Gasteiger partial charge in [0.2, 0.25) is 0 Å². The molecule has 8 rings (SSSR count). The van der Waals surface area contributed by atoms with Crippen molar-refractivity contribution in [2.45, 2.75) is 13.3 Å². The van der Waals surface area contributed by atoms with Gasteiger partial charge in [-0.05, 0) is 101 Å². The van der Waals surface area contributed by atoms with Crippen LogP contribution < -0.4 is 0 Å². The zero-order valence-electron chi connectivity index (χ0n) is 23.2. The maximum absolute atomic E-state index is 5.94. The van der Waals surface area contributed by atoms with Crippen molar-refractivity contribution in [2.75, 3.05) is 0 Å². The van der Waals surface area contributed by atoms with Gasteiger partial charge in [-0.2, -0.15) is 0 Å². The summed E-state index contributed by atoms with van der Waals surface area (Å²) in [4.78, 5) is 0. The van der Waals surface area contributed by atoms with Gasteiger partial charge in [0.25, 0.3) is 0 Å². The number of fused-ring (bicyclic) bond motifs is 2. The Morgan fingerprint density at radius 1 is 0.571 bits per heavy atom. The van der Waals surface area contributed by atoms with Gasteiger partial charge in [-0.15, -0.1) is 0 Å². The lowest BCUT2D eigenvalue weighted by atomic mass is 9.90. The van der Waals surface area contributed by atoms with E-state index in [0.29, 0.717) is 0 Å². The van der Waals surface area contributed by atoms with Gasteiger partial charge in [0, 0.05) is 46.7 Å². The van der Waals surface area contributed by atoms with Crippen LogP contribution in [-0.4, -0.2) is 9.13 Å². The van der Waals surface area contributed by atoms with Gasteiger partial charge < -0.3 is 18.0 Å². The first-order valence-corrected chi connectivity index (χ1v) is 14.2. The summed E-state index contributed by atoms with van der Waals surface area (Å²) < 4.78 is 16.2. The van der Waals surface area contributed by atoms with Crippen LogP contribution in [0.3, 0.4) is 0 Å². The van der Waals surface area contributed by atoms with E-state index >= 15 is 0 Å². The van der Waals surface area contributed by atoms with Crippen molar-refractivity contribution >= 4 is 21.5 Å². The molecular weight excluding hydrogens is 516 g/mol. The second-order valence-electron chi connectivity index (χ2n) is 10.8. The Bertz CT molecular complexity index is 2150. The van der Waals surface area contributed by atoms with Crippen LogP contribution in [0.2, 0.25) is 0 Å². The first-order chi connectivity index (χ1) is 20.7. The molecule has 0 aliphatic carbocycles. The van der Waals surface area contributed by atoms with E-state index in [0.717, 1.165) is 45.4 Å². The summed E-state index contributed by atoms with van der Waals surface area (Å²) in [6.45, 7) is 2.15. The Morgan fingerprint density at radius 3 is 1.98 bits per heavy atom. The summed E-state index contributed by atoms with van der Waals surface area (Å²) in [6, 6.07) is 36.3. The number of furan rings is 2. The van der Waals surface area contributed by atoms with Crippen LogP contribution in [0.25, 0.3) is 55.6 Å². The zero-order valence-corrected chi connectivity index (χ0v) is 23.2. The molecule has 8 aromatic rings. The number of nitrogens with zero attached hydrogens (tertiary/aromatic N) is 2. The van der Waals surface area contributed by atoms with Crippen LogP contribution in [0.4, 0.5) is 0 Å². The summed E-state index contributed by atoms with van der Waals surface area (Å²) in [5.74, 6) is 1.73. The highest BCUT2D eigenvalue weighted by Gasteiger charge is 2.19. The smallest absolute Gasteiger partial charge is 0.134 e. The summed E-state index contributed by atoms with van der Waals surface area (Å²) in [5, 5.41) is 4.74. The minimum absolute atomic E-state index is 0.768. The van der Waals surface area contributed by atoms with Crippen LogP contribution in [0, 0.1) is 6.92 Å². The maximum Gasteiger partial charge on any atom is 0.134 e. The molecule has 202 valence electrons. The molecule has 0 aliphatic heterocycles. The van der Waals surface area contributed by atoms with Gasteiger partial charge in [-0.1, -0.05) is 42.5 Å². The molecule has 4 aromatic heterocycles. The standard InChI is InChI=1S/C38H28N2O2/c1-26-22-32(35-12-8-20-41-35)29-15-14-27(24-33(29)37(26)36-13-9-21-42-36)23-28-25-34(39-16-4-5-17-39)30-10-2-3-11-31(30)38(28)40-18-6-7-19-40/h2-22,24-25H,23H2,1H3. The predicted octanol–water partition coefficient (Wildman–Crippen LogP) is 9.99. The summed E-state index contributed by atoms with van der Waals surface area (Å²) in [7, 11) is 0. The Balaban J connectivity index is 1.36. The fraction of sp³-hybridized carbons (Fsp3) is 0.0526. The van der Waals surface area contributed by atoms with E-state index in [2.05, 4.69) is 120 Å². The van der Waals surface area contributed by atoms with E-state index in [9.17, 15) is 0 Å². The molecule has 4 aromatic carbocycles. The lowest BCUT2D eigenvalue weighted by Gasteiger charge is -2.19. The van der Waals surface area contributed by atoms with Crippen molar-refractivity contribution in [2.24, 2.45) is 0 Å². The number of benzene rings is 4. The third kappa shape index (κ3) is 4.00. The van der Waals surface area contributed by atoms with E-state index in [4.69, 9.17) is 8.83 Å². The first-order valence-electron chi connectivity index (χ1n) is 14.2. The summed E-state index contributed by atoms with van der Waals surface area (Å²) >= 11 is 0. The Morgan fingerprint density at radius 2 is 1.26 bits per heavy atom. The molecular formula is C38H28N2O2. The molecule has 0 amide bonds. The van der Waals surface area contributed by atoms with Crippen LogP contribution >= 0.6 is 0 Å². The lowest BCUT2D eigenvalue weighted by molar-refractivity contribution is 0.581. The number of hydrogen-bond donors (Lipinski definition) is 0. The van der Waals surface area contributed by atoms with Gasteiger partial charge >= 0.3 is 0 Å². The minimum Gasteiger partial charge on any atom is -0.464 e. The van der Waals surface area contributed by atoms with Crippen molar-refractivity contribution in [3.8, 4) is 34.0 Å². The molecule has 0 saturated carbocycles. The van der Waals surface area contributed by atoms with E-state index < -0.39 is 0 Å². The normalized spacial score (nSPS) is 11.5. The molecule has 4 nitrogen and oxygen atoms in total. The molecule has 0 bridgehead atoms. The fourth-order valence-electron chi connectivity index (χ4n) is 6.35. The van der Waals surface area contributed by atoms with Gasteiger partial charge in [-0.25, -0.2) is 0 Å². The largest absolute Gasteiger partial charge is 0.464 e. The molecule has 4 heteroatoms. The quantitative estimate of drug-likeness (QED) is 0.209. The third-order valence-electron chi connectivity index (χ3n) is 8.17. The molecule has 0 aliphatic rings. The molecule has 42 heavy (non-hydrogen) atoms. The highest BCUT2D eigenvalue weighted by atomic mass is 16.3. The number of rotatable bonds is 6. The Hall–Kier alpha value is -5.48. The fourth-order valence-corrected chi connectivity index (χ4v) is 6.35. The van der Waals surface area contributed by atoms with Crippen molar-refractivity contribution < 1.29 is 8.83 Å². The lowest BCUT2D eigenvalue weighted by Crippen LogP contribution is -2.04. The van der Waals surface area contributed by atoms with E-state index in [1.165, 1.54) is 33.3 Å². The second-order valence-corrected chi connectivity index (χ2v) is 10.8. The van der Waals surface area contributed by atoms with E-state index in [1.54, 1.807) is 12.5 Å². The average Bonchev–Trinajstić information content (AvgIpc) is 3.84. The van der Waals surface area contributed by atoms with Crippen LogP contribution in [0.1, 0.15) is 16.7 Å². The molecule has 0 fully saturated rings. The van der Waals surface area contributed by atoms with Gasteiger partial charge in [0.1, 0.15) is 11.5 Å². The topological polar surface area (TPSA) is 36.1 Å². The monoisotopic (exact) mass is 544 g/mol. The predicted molar refractivity (Wildman–Crippen MR) is 169 cm³/mol. The maximum atomic E-state index is 5.94. The summed E-state index contributed by atoms with van der Waals surface area (Å²) in [5.41, 5.74) is 8.22. The Kier molecular flexibility index (Phi) is 5.71. The molecule has 4 heterocycles. The zero-order chi connectivity index (χ0) is 28.0. The SMILES string of the molecule is Cc1cc(-c2ccco2)c2ccc(Cc3cc(-n4cccc4)c4ccccc4c3-n3cccc3)cc2c1-c1ccco1.